The van der Waals surface area contributed by atoms with E-state index >= 15 is 0 Å². The average molecular weight is 300 g/mol. The second kappa shape index (κ2) is 6.51. The van der Waals surface area contributed by atoms with Crippen LogP contribution in [0.1, 0.15) is 13.8 Å². The Morgan fingerprint density at radius 2 is 2.00 bits per heavy atom. The number of aromatic nitrogens is 1. The molecule has 0 aliphatic heterocycles. The predicted molar refractivity (Wildman–Crippen MR) is 81.3 cm³/mol. The molecule has 0 unspecified atom stereocenters. The molecule has 0 saturated heterocycles. The van der Waals surface area contributed by atoms with Crippen molar-refractivity contribution in [3.05, 3.63) is 18.5 Å². The van der Waals surface area contributed by atoms with Crippen LogP contribution in [-0.4, -0.2) is 52.5 Å². The van der Waals surface area contributed by atoms with Gasteiger partial charge in [-0.3, -0.25) is 4.98 Å². The highest BCUT2D eigenvalue weighted by Gasteiger charge is 2.24. The molecule has 0 radical (unpaired) electrons. The van der Waals surface area contributed by atoms with Gasteiger partial charge in [0.2, 0.25) is 10.0 Å². The third kappa shape index (κ3) is 4.73. The molecule has 7 heteroatoms. The lowest BCUT2D eigenvalue weighted by Crippen LogP contribution is -2.40. The molecular weight excluding hydrogens is 276 g/mol. The Morgan fingerprint density at radius 3 is 2.55 bits per heavy atom. The maximum Gasteiger partial charge on any atom is 0.244 e. The van der Waals surface area contributed by atoms with Gasteiger partial charge >= 0.3 is 0 Å². The van der Waals surface area contributed by atoms with Gasteiger partial charge in [-0.25, -0.2) is 13.1 Å². The number of sulfonamides is 1. The molecule has 0 spiro atoms. The molecule has 1 aromatic rings. The molecule has 6 nitrogen and oxygen atoms in total. The van der Waals surface area contributed by atoms with Gasteiger partial charge in [0, 0.05) is 32.5 Å². The molecule has 1 rings (SSSR count). The third-order valence-corrected chi connectivity index (χ3v) is 4.26. The predicted octanol–water partition coefficient (Wildman–Crippen LogP) is 0.989. The molecule has 0 fully saturated rings. The molecule has 0 bridgehead atoms. The maximum atomic E-state index is 12.3. The number of pyridine rings is 1. The highest BCUT2D eigenvalue weighted by atomic mass is 32.2. The van der Waals surface area contributed by atoms with Gasteiger partial charge in [0.15, 0.2) is 0 Å². The Kier molecular flexibility index (Phi) is 5.50. The smallest absolute Gasteiger partial charge is 0.244 e. The van der Waals surface area contributed by atoms with Crippen LogP contribution in [0.4, 0.5) is 5.69 Å². The maximum absolute atomic E-state index is 12.3. The standard InChI is InChI=1S/C13H24N4O2S/c1-13(2,10-17(4)5)9-16-20(18,19)12-8-15-7-6-11(12)14-3/h6-8,16H,9-10H2,1-5H3,(H,14,15). The van der Waals surface area contributed by atoms with Crippen LogP contribution in [0.15, 0.2) is 23.4 Å². The van der Waals surface area contributed by atoms with E-state index in [-0.39, 0.29) is 10.3 Å². The monoisotopic (exact) mass is 300 g/mol. The van der Waals surface area contributed by atoms with E-state index < -0.39 is 10.0 Å². The summed E-state index contributed by atoms with van der Waals surface area (Å²) < 4.78 is 27.3. The van der Waals surface area contributed by atoms with Gasteiger partial charge in [0.1, 0.15) is 4.90 Å². The van der Waals surface area contributed by atoms with Gasteiger partial charge in [-0.15, -0.1) is 0 Å². The normalized spacial score (nSPS) is 12.7. The molecule has 1 heterocycles. The molecule has 114 valence electrons. The van der Waals surface area contributed by atoms with Crippen molar-refractivity contribution in [3.8, 4) is 0 Å². The van der Waals surface area contributed by atoms with E-state index in [1.54, 1.807) is 19.3 Å². The lowest BCUT2D eigenvalue weighted by Gasteiger charge is -2.28. The zero-order valence-corrected chi connectivity index (χ0v) is 13.6. The molecule has 0 amide bonds. The summed E-state index contributed by atoms with van der Waals surface area (Å²) >= 11 is 0. The van der Waals surface area contributed by atoms with E-state index in [2.05, 4.69) is 15.0 Å². The molecule has 0 aliphatic rings. The first kappa shape index (κ1) is 16.9. The number of hydrogen-bond acceptors (Lipinski definition) is 5. The second-order valence-corrected chi connectivity index (χ2v) is 7.58. The van der Waals surface area contributed by atoms with Crippen LogP contribution in [-0.2, 0) is 10.0 Å². The first-order valence-electron chi connectivity index (χ1n) is 6.44. The highest BCUT2D eigenvalue weighted by molar-refractivity contribution is 7.89. The molecule has 1 aromatic heterocycles. The summed E-state index contributed by atoms with van der Waals surface area (Å²) in [6, 6.07) is 1.64. The summed E-state index contributed by atoms with van der Waals surface area (Å²) in [4.78, 5) is 6.09. The number of anilines is 1. The Morgan fingerprint density at radius 1 is 1.35 bits per heavy atom. The van der Waals surface area contributed by atoms with E-state index in [1.165, 1.54) is 6.20 Å². The number of nitrogens with zero attached hydrogens (tertiary/aromatic N) is 2. The molecule has 0 aliphatic carbocycles. The van der Waals surface area contributed by atoms with Gasteiger partial charge in [-0.05, 0) is 25.6 Å². The average Bonchev–Trinajstić information content (AvgIpc) is 2.35. The quantitative estimate of drug-likeness (QED) is 0.785. The first-order valence-corrected chi connectivity index (χ1v) is 7.92. The zero-order chi connectivity index (χ0) is 15.4. The lowest BCUT2D eigenvalue weighted by atomic mass is 9.93. The summed E-state index contributed by atoms with van der Waals surface area (Å²) in [6.45, 7) is 5.21. The van der Waals surface area contributed by atoms with Crippen LogP contribution in [0.5, 0.6) is 0 Å². The van der Waals surface area contributed by atoms with Crippen LogP contribution in [0.2, 0.25) is 0 Å². The van der Waals surface area contributed by atoms with E-state index in [0.29, 0.717) is 12.2 Å². The summed E-state index contributed by atoms with van der Waals surface area (Å²) in [7, 11) is 2.06. The third-order valence-electron chi connectivity index (χ3n) is 2.83. The van der Waals surface area contributed by atoms with E-state index in [9.17, 15) is 8.42 Å². The van der Waals surface area contributed by atoms with Crippen LogP contribution >= 0.6 is 0 Å². The molecule has 0 aromatic carbocycles. The Bertz CT molecular complexity index is 541. The minimum Gasteiger partial charge on any atom is -0.387 e. The topological polar surface area (TPSA) is 74.3 Å². The fourth-order valence-electron chi connectivity index (χ4n) is 2.08. The Hall–Kier alpha value is -1.18. The van der Waals surface area contributed by atoms with Crippen molar-refractivity contribution < 1.29 is 8.42 Å². The van der Waals surface area contributed by atoms with E-state index in [1.807, 2.05) is 32.8 Å². The molecule has 2 N–H and O–H groups in total. The zero-order valence-electron chi connectivity index (χ0n) is 12.8. The second-order valence-electron chi connectivity index (χ2n) is 5.85. The number of rotatable bonds is 7. The van der Waals surface area contributed by atoms with Crippen molar-refractivity contribution in [2.24, 2.45) is 5.41 Å². The van der Waals surface area contributed by atoms with Crippen LogP contribution < -0.4 is 10.0 Å². The molecule has 0 saturated carbocycles. The van der Waals surface area contributed by atoms with Crippen molar-refractivity contribution >= 4 is 15.7 Å². The molecule has 20 heavy (non-hydrogen) atoms. The fourth-order valence-corrected chi connectivity index (χ4v) is 3.48. The van der Waals surface area contributed by atoms with Crippen molar-refractivity contribution in [2.75, 3.05) is 39.5 Å². The minimum absolute atomic E-state index is 0.154. The largest absolute Gasteiger partial charge is 0.387 e. The molecular formula is C13H24N4O2S. The van der Waals surface area contributed by atoms with Crippen molar-refractivity contribution in [1.82, 2.24) is 14.6 Å². The van der Waals surface area contributed by atoms with E-state index in [0.717, 1.165) is 6.54 Å². The summed E-state index contributed by atoms with van der Waals surface area (Å²) in [5.41, 5.74) is 0.386. The van der Waals surface area contributed by atoms with Gasteiger partial charge in [0.05, 0.1) is 5.69 Å². The summed E-state index contributed by atoms with van der Waals surface area (Å²) in [5, 5.41) is 2.86. The molecule has 0 atom stereocenters. The lowest BCUT2D eigenvalue weighted by molar-refractivity contribution is 0.242. The Labute approximate surface area is 121 Å². The van der Waals surface area contributed by atoms with Crippen molar-refractivity contribution in [1.29, 1.82) is 0 Å². The van der Waals surface area contributed by atoms with Crippen LogP contribution in [0, 0.1) is 5.41 Å². The van der Waals surface area contributed by atoms with Gasteiger partial charge < -0.3 is 10.2 Å². The SMILES string of the molecule is CNc1ccncc1S(=O)(=O)NCC(C)(C)CN(C)C. The minimum atomic E-state index is -3.57. The first-order chi connectivity index (χ1) is 9.18. The van der Waals surface area contributed by atoms with Crippen LogP contribution in [0.25, 0.3) is 0 Å². The van der Waals surface area contributed by atoms with Crippen LogP contribution in [0.3, 0.4) is 0 Å². The highest BCUT2D eigenvalue weighted by Crippen LogP contribution is 2.20. The van der Waals surface area contributed by atoms with E-state index in [4.69, 9.17) is 0 Å². The number of nitrogens with one attached hydrogen (secondary N) is 2. The van der Waals surface area contributed by atoms with Gasteiger partial charge in [-0.2, -0.15) is 0 Å². The Balaban J connectivity index is 2.86. The number of hydrogen-bond donors (Lipinski definition) is 2. The van der Waals surface area contributed by atoms with Gasteiger partial charge in [-0.1, -0.05) is 13.8 Å². The van der Waals surface area contributed by atoms with Crippen molar-refractivity contribution in [2.45, 2.75) is 18.7 Å². The van der Waals surface area contributed by atoms with Crippen molar-refractivity contribution in [3.63, 3.8) is 0 Å². The van der Waals surface area contributed by atoms with Gasteiger partial charge in [0.25, 0.3) is 0 Å². The summed E-state index contributed by atoms with van der Waals surface area (Å²) in [5.74, 6) is 0. The summed E-state index contributed by atoms with van der Waals surface area (Å²) in [6.07, 6.45) is 2.91. The fraction of sp³-hybridized carbons (Fsp3) is 0.615.